The number of carbonyl (C=O) groups is 2. The van der Waals surface area contributed by atoms with Crippen molar-refractivity contribution in [3.05, 3.63) is 134 Å². The largest absolute Gasteiger partial charge is 0.462 e. The number of hydrogen-bond acceptors (Lipinski definition) is 5. The molecule has 0 heterocycles. The van der Waals surface area contributed by atoms with E-state index in [1.165, 1.54) is 154 Å². The minimum Gasteiger partial charge on any atom is -0.462 e. The number of aliphatic hydroxyl groups excluding tert-OH is 1. The smallest absolute Gasteiger partial charge is 0.306 e. The highest BCUT2D eigenvalue weighted by Crippen LogP contribution is 2.17. The standard InChI is InChI=1S/C73H122O5/c1-3-5-7-9-11-13-15-17-19-21-23-25-27-29-31-32-33-34-35-36-37-38-39-40-42-43-45-47-49-51-53-55-57-59-61-63-65-67-72(75)77-70-71(69-74)78-73(76)68-66-64-62-60-58-56-54-52-50-48-46-44-41-30-28-26-24-22-20-18-16-14-12-10-8-6-4-2/h5-8,11-14,17-20,23-26,29-31,41,46,48,71,74H,3-4,9-10,15-16,21-22,27-28,32-40,42-45,47,49-70H2,1-2H3/b7-5-,8-6-,13-11-,14-12-,19-17-,20-18-,25-23-,26-24-,31-29-,41-30-,48-46-. The molecule has 444 valence electrons. The van der Waals surface area contributed by atoms with Crippen LogP contribution in [0.2, 0.25) is 0 Å². The molecule has 1 unspecified atom stereocenters. The van der Waals surface area contributed by atoms with Crippen molar-refractivity contribution < 1.29 is 24.2 Å². The first-order chi connectivity index (χ1) is 38.6. The van der Waals surface area contributed by atoms with Crippen molar-refractivity contribution in [1.82, 2.24) is 0 Å². The Morgan fingerprint density at radius 1 is 0.295 bits per heavy atom. The van der Waals surface area contributed by atoms with Gasteiger partial charge < -0.3 is 14.6 Å². The Kier molecular flexibility index (Phi) is 63.9. The molecule has 0 radical (unpaired) electrons. The third kappa shape index (κ3) is 64.6. The minimum absolute atomic E-state index is 0.0733. The summed E-state index contributed by atoms with van der Waals surface area (Å²) in [6.07, 6.45) is 100. The maximum Gasteiger partial charge on any atom is 0.306 e. The van der Waals surface area contributed by atoms with Crippen LogP contribution in [-0.4, -0.2) is 36.4 Å². The zero-order valence-corrected chi connectivity index (χ0v) is 50.9. The lowest BCUT2D eigenvalue weighted by Crippen LogP contribution is -2.28. The van der Waals surface area contributed by atoms with Crippen LogP contribution in [0.3, 0.4) is 0 Å². The SMILES string of the molecule is CC/C=C\C/C=C\C/C=C\C/C=C\C/C=C\C/C=C\CCCCCCCCCCC(=O)OC(CO)COC(=O)CCCCCCCCCCCCCCCCCCCCCCC/C=C\C/C=C\C/C=C\C/C=C\C/C=C\CC. The first-order valence-electron chi connectivity index (χ1n) is 32.7. The summed E-state index contributed by atoms with van der Waals surface area (Å²) >= 11 is 0. The van der Waals surface area contributed by atoms with E-state index in [9.17, 15) is 14.7 Å². The molecule has 0 aliphatic heterocycles. The molecule has 5 heteroatoms. The van der Waals surface area contributed by atoms with Crippen LogP contribution < -0.4 is 0 Å². The molecular weight excluding hydrogens is 957 g/mol. The lowest BCUT2D eigenvalue weighted by molar-refractivity contribution is -0.161. The quantitative estimate of drug-likeness (QED) is 0.0373. The van der Waals surface area contributed by atoms with E-state index in [1.54, 1.807) is 0 Å². The maximum atomic E-state index is 12.3. The van der Waals surface area contributed by atoms with Crippen LogP contribution in [0.25, 0.3) is 0 Å². The zero-order chi connectivity index (χ0) is 56.2. The van der Waals surface area contributed by atoms with E-state index < -0.39 is 6.10 Å². The monoisotopic (exact) mass is 1080 g/mol. The van der Waals surface area contributed by atoms with Gasteiger partial charge in [0.15, 0.2) is 6.10 Å². The summed E-state index contributed by atoms with van der Waals surface area (Å²) in [5.74, 6) is -0.596. The number of unbranched alkanes of at least 4 members (excludes halogenated alkanes) is 29. The normalized spacial score (nSPS) is 13.1. The fourth-order valence-corrected chi connectivity index (χ4v) is 9.12. The number of carbonyl (C=O) groups excluding carboxylic acids is 2. The molecule has 0 amide bonds. The molecular formula is C73H122O5. The highest BCUT2D eigenvalue weighted by Gasteiger charge is 2.16. The second-order valence-corrected chi connectivity index (χ2v) is 21.4. The molecule has 0 aliphatic rings. The van der Waals surface area contributed by atoms with Gasteiger partial charge in [-0.25, -0.2) is 0 Å². The highest BCUT2D eigenvalue weighted by molar-refractivity contribution is 5.70. The van der Waals surface area contributed by atoms with Gasteiger partial charge in [0.2, 0.25) is 0 Å². The molecule has 0 saturated heterocycles. The van der Waals surface area contributed by atoms with Gasteiger partial charge in [-0.05, 0) is 109 Å². The molecule has 0 rings (SSSR count). The lowest BCUT2D eigenvalue weighted by atomic mass is 10.0. The van der Waals surface area contributed by atoms with Crippen molar-refractivity contribution in [1.29, 1.82) is 0 Å². The Hall–Kier alpha value is -3.96. The van der Waals surface area contributed by atoms with E-state index in [0.29, 0.717) is 12.8 Å². The number of hydrogen-bond donors (Lipinski definition) is 1. The molecule has 0 fully saturated rings. The Balaban J connectivity index is 3.48. The van der Waals surface area contributed by atoms with Gasteiger partial charge in [-0.1, -0.05) is 308 Å². The second-order valence-electron chi connectivity index (χ2n) is 21.4. The van der Waals surface area contributed by atoms with Crippen LogP contribution in [0.4, 0.5) is 0 Å². The van der Waals surface area contributed by atoms with E-state index in [4.69, 9.17) is 9.47 Å². The number of ether oxygens (including phenoxy) is 2. The van der Waals surface area contributed by atoms with Gasteiger partial charge in [0.1, 0.15) is 6.61 Å². The number of esters is 2. The third-order valence-electron chi connectivity index (χ3n) is 13.9. The van der Waals surface area contributed by atoms with Crippen molar-refractivity contribution in [2.75, 3.05) is 13.2 Å². The van der Waals surface area contributed by atoms with Gasteiger partial charge >= 0.3 is 11.9 Å². The van der Waals surface area contributed by atoms with Crippen molar-refractivity contribution in [3.63, 3.8) is 0 Å². The Labute approximate surface area is 483 Å². The van der Waals surface area contributed by atoms with E-state index >= 15 is 0 Å². The molecule has 1 atom stereocenters. The van der Waals surface area contributed by atoms with Crippen LogP contribution in [0.1, 0.15) is 296 Å². The molecule has 0 aromatic heterocycles. The van der Waals surface area contributed by atoms with Crippen LogP contribution in [-0.2, 0) is 19.1 Å². The van der Waals surface area contributed by atoms with Gasteiger partial charge in [-0.2, -0.15) is 0 Å². The maximum absolute atomic E-state index is 12.3. The van der Waals surface area contributed by atoms with Crippen molar-refractivity contribution in [2.24, 2.45) is 0 Å². The number of aliphatic hydroxyl groups is 1. The van der Waals surface area contributed by atoms with Crippen LogP contribution >= 0.6 is 0 Å². The Morgan fingerprint density at radius 2 is 0.513 bits per heavy atom. The molecule has 0 bridgehead atoms. The number of allylic oxidation sites excluding steroid dienone is 22. The average molecular weight is 1080 g/mol. The van der Waals surface area contributed by atoms with E-state index in [2.05, 4.69) is 148 Å². The van der Waals surface area contributed by atoms with Crippen LogP contribution in [0.15, 0.2) is 134 Å². The van der Waals surface area contributed by atoms with Crippen LogP contribution in [0, 0.1) is 0 Å². The van der Waals surface area contributed by atoms with Crippen molar-refractivity contribution >= 4 is 11.9 Å². The molecule has 0 saturated carbocycles. The summed E-state index contributed by atoms with van der Waals surface area (Å²) in [4.78, 5) is 24.6. The predicted octanol–water partition coefficient (Wildman–Crippen LogP) is 22.8. The van der Waals surface area contributed by atoms with Gasteiger partial charge in [-0.3, -0.25) is 9.59 Å². The number of rotatable bonds is 59. The summed E-state index contributed by atoms with van der Waals surface area (Å²) in [5, 5.41) is 9.69. The van der Waals surface area contributed by atoms with Crippen LogP contribution in [0.5, 0.6) is 0 Å². The zero-order valence-electron chi connectivity index (χ0n) is 50.9. The summed E-state index contributed by atoms with van der Waals surface area (Å²) < 4.78 is 10.7. The predicted molar refractivity (Wildman–Crippen MR) is 343 cm³/mol. The Bertz CT molecular complexity index is 1600. The first-order valence-corrected chi connectivity index (χ1v) is 32.7. The lowest BCUT2D eigenvalue weighted by Gasteiger charge is -2.15. The molecule has 5 nitrogen and oxygen atoms in total. The Morgan fingerprint density at radius 3 is 0.769 bits per heavy atom. The molecule has 1 N–H and O–H groups in total. The highest BCUT2D eigenvalue weighted by atomic mass is 16.6. The summed E-state index contributed by atoms with van der Waals surface area (Å²) in [5.41, 5.74) is 0. The molecule has 0 spiro atoms. The molecule has 0 aliphatic carbocycles. The van der Waals surface area contributed by atoms with E-state index in [-0.39, 0.29) is 25.2 Å². The van der Waals surface area contributed by atoms with E-state index in [0.717, 1.165) is 116 Å². The average Bonchev–Trinajstić information content (AvgIpc) is 3.44. The van der Waals surface area contributed by atoms with Gasteiger partial charge in [-0.15, -0.1) is 0 Å². The first kappa shape index (κ1) is 74.0. The molecule has 0 aromatic carbocycles. The minimum atomic E-state index is -0.785. The second kappa shape index (κ2) is 67.3. The fourth-order valence-electron chi connectivity index (χ4n) is 9.12. The summed E-state index contributed by atoms with van der Waals surface area (Å²) in [6.45, 7) is 3.92. The molecule has 78 heavy (non-hydrogen) atoms. The topological polar surface area (TPSA) is 72.8 Å². The van der Waals surface area contributed by atoms with Gasteiger partial charge in [0, 0.05) is 12.8 Å². The summed E-state index contributed by atoms with van der Waals surface area (Å²) in [6, 6.07) is 0. The van der Waals surface area contributed by atoms with Gasteiger partial charge in [0.25, 0.3) is 0 Å². The van der Waals surface area contributed by atoms with E-state index in [1.807, 2.05) is 0 Å². The van der Waals surface area contributed by atoms with Gasteiger partial charge in [0.05, 0.1) is 6.61 Å². The fraction of sp³-hybridized carbons (Fsp3) is 0.671. The molecule has 0 aromatic rings. The summed E-state index contributed by atoms with van der Waals surface area (Å²) in [7, 11) is 0. The van der Waals surface area contributed by atoms with Crippen molar-refractivity contribution in [2.45, 2.75) is 302 Å². The van der Waals surface area contributed by atoms with Crippen molar-refractivity contribution in [3.8, 4) is 0 Å². The third-order valence-corrected chi connectivity index (χ3v) is 13.9.